The fraction of sp³-hybridized carbons (Fsp3) is 0.417. The van der Waals surface area contributed by atoms with Crippen molar-refractivity contribution < 1.29 is 18.7 Å². The molecule has 0 aromatic heterocycles. The first kappa shape index (κ1) is 20.5. The highest BCUT2D eigenvalue weighted by atomic mass is 19.1. The van der Waals surface area contributed by atoms with Crippen LogP contribution >= 0.6 is 0 Å². The van der Waals surface area contributed by atoms with Gasteiger partial charge in [-0.3, -0.25) is 9.69 Å². The number of hydrogen-bond donors (Lipinski definition) is 0. The molecule has 2 heterocycles. The van der Waals surface area contributed by atoms with Crippen LogP contribution in [0, 0.1) is 5.82 Å². The fourth-order valence-corrected chi connectivity index (χ4v) is 4.68. The van der Waals surface area contributed by atoms with Crippen LogP contribution in [-0.2, 0) is 14.9 Å². The van der Waals surface area contributed by atoms with Gasteiger partial charge in [0.15, 0.2) is 0 Å². The van der Waals surface area contributed by atoms with E-state index in [1.165, 1.54) is 17.0 Å². The highest BCUT2D eigenvalue weighted by molar-refractivity contribution is 6.02. The van der Waals surface area contributed by atoms with E-state index in [1.54, 1.807) is 17.0 Å². The topological polar surface area (TPSA) is 49.9 Å². The molecule has 1 unspecified atom stereocenters. The van der Waals surface area contributed by atoms with Crippen molar-refractivity contribution in [1.82, 2.24) is 9.80 Å². The van der Waals surface area contributed by atoms with Crippen molar-refractivity contribution >= 4 is 11.9 Å². The minimum Gasteiger partial charge on any atom is -0.381 e. The molecule has 2 aromatic rings. The molecule has 3 amide bonds. The van der Waals surface area contributed by atoms with Gasteiger partial charge in [-0.05, 0) is 42.5 Å². The molecule has 0 aliphatic carbocycles. The molecule has 2 fully saturated rings. The Balaban J connectivity index is 1.60. The average molecular weight is 410 g/mol. The molecular formula is C24H27FN2O3. The van der Waals surface area contributed by atoms with Crippen LogP contribution in [0.2, 0.25) is 0 Å². The summed E-state index contributed by atoms with van der Waals surface area (Å²) in [5, 5.41) is 0. The van der Waals surface area contributed by atoms with Gasteiger partial charge in [0.1, 0.15) is 12.4 Å². The summed E-state index contributed by atoms with van der Waals surface area (Å²) in [4.78, 5) is 29.3. The number of carbonyl (C=O) groups excluding carboxylic acids is 2. The lowest BCUT2D eigenvalue weighted by Gasteiger charge is -2.40. The largest absolute Gasteiger partial charge is 0.381 e. The highest BCUT2D eigenvalue weighted by Crippen LogP contribution is 2.38. The Labute approximate surface area is 176 Å². The Morgan fingerprint density at radius 3 is 2.33 bits per heavy atom. The summed E-state index contributed by atoms with van der Waals surface area (Å²) in [6.45, 7) is 3.51. The zero-order chi connectivity index (χ0) is 21.1. The van der Waals surface area contributed by atoms with Crippen molar-refractivity contribution in [2.45, 2.75) is 37.6 Å². The second-order valence-corrected chi connectivity index (χ2v) is 8.12. The summed E-state index contributed by atoms with van der Waals surface area (Å²) in [5.74, 6) is -0.475. The van der Waals surface area contributed by atoms with Gasteiger partial charge in [0.05, 0.1) is 6.04 Å². The summed E-state index contributed by atoms with van der Waals surface area (Å²) in [7, 11) is 0. The van der Waals surface area contributed by atoms with Gasteiger partial charge in [-0.25, -0.2) is 9.18 Å². The quantitative estimate of drug-likeness (QED) is 0.668. The zero-order valence-corrected chi connectivity index (χ0v) is 17.2. The lowest BCUT2D eigenvalue weighted by molar-refractivity contribution is -0.126. The molecule has 5 nitrogen and oxygen atoms in total. The average Bonchev–Trinajstić information content (AvgIpc) is 3.04. The van der Waals surface area contributed by atoms with E-state index >= 15 is 0 Å². The highest BCUT2D eigenvalue weighted by Gasteiger charge is 2.45. The first-order chi connectivity index (χ1) is 14.5. The van der Waals surface area contributed by atoms with Crippen LogP contribution in [0.15, 0.2) is 54.6 Å². The number of amides is 3. The Morgan fingerprint density at radius 1 is 1.03 bits per heavy atom. The summed E-state index contributed by atoms with van der Waals surface area (Å²) in [6.07, 6.45) is 2.10. The number of nitrogens with zero attached hydrogens (tertiary/aromatic N) is 2. The molecule has 2 aliphatic rings. The van der Waals surface area contributed by atoms with Crippen molar-refractivity contribution in [2.75, 3.05) is 26.3 Å². The van der Waals surface area contributed by atoms with Crippen molar-refractivity contribution in [2.24, 2.45) is 0 Å². The molecule has 4 rings (SSSR count). The van der Waals surface area contributed by atoms with Crippen LogP contribution in [0.1, 0.15) is 43.4 Å². The standard InChI is InChI=1S/C24H27FN2O3/c1-2-21(18-6-4-3-5-7-18)26-16-22(28)27(23(26)29)17-24(12-14-30-15-13-24)19-8-10-20(25)11-9-19/h3-11,21H,2,12-17H2,1H3. The maximum Gasteiger partial charge on any atom is 0.327 e. The van der Waals surface area contributed by atoms with Gasteiger partial charge in [-0.1, -0.05) is 49.4 Å². The SMILES string of the molecule is CCC(c1ccccc1)N1CC(=O)N(CC2(c3ccc(F)cc3)CCOCC2)C1=O. The van der Waals surface area contributed by atoms with E-state index in [0.717, 1.165) is 17.5 Å². The van der Waals surface area contributed by atoms with Crippen molar-refractivity contribution in [3.8, 4) is 0 Å². The molecule has 2 aliphatic heterocycles. The molecule has 2 aromatic carbocycles. The Hall–Kier alpha value is -2.73. The third kappa shape index (κ3) is 3.84. The van der Waals surface area contributed by atoms with E-state index in [2.05, 4.69) is 0 Å². The normalized spacial score (nSPS) is 19.9. The van der Waals surface area contributed by atoms with Crippen LogP contribution in [0.3, 0.4) is 0 Å². The van der Waals surface area contributed by atoms with E-state index in [0.29, 0.717) is 32.6 Å². The van der Waals surface area contributed by atoms with E-state index in [9.17, 15) is 14.0 Å². The van der Waals surface area contributed by atoms with Gasteiger partial charge in [-0.2, -0.15) is 0 Å². The van der Waals surface area contributed by atoms with E-state index in [1.807, 2.05) is 37.3 Å². The second-order valence-electron chi connectivity index (χ2n) is 8.12. The van der Waals surface area contributed by atoms with Crippen molar-refractivity contribution in [1.29, 1.82) is 0 Å². The summed E-state index contributed by atoms with van der Waals surface area (Å²) in [6, 6.07) is 15.9. The lowest BCUT2D eigenvalue weighted by Crippen LogP contribution is -2.47. The van der Waals surface area contributed by atoms with E-state index in [4.69, 9.17) is 4.74 Å². The summed E-state index contributed by atoms with van der Waals surface area (Å²) in [5.41, 5.74) is 1.56. The first-order valence-corrected chi connectivity index (χ1v) is 10.5. The predicted octanol–water partition coefficient (Wildman–Crippen LogP) is 4.29. The van der Waals surface area contributed by atoms with E-state index in [-0.39, 0.29) is 30.3 Å². The molecule has 2 saturated heterocycles. The molecule has 0 saturated carbocycles. The van der Waals surface area contributed by atoms with Gasteiger partial charge in [0.2, 0.25) is 5.91 Å². The van der Waals surface area contributed by atoms with Crippen LogP contribution in [-0.4, -0.2) is 48.0 Å². The van der Waals surface area contributed by atoms with Crippen LogP contribution in [0.4, 0.5) is 9.18 Å². The van der Waals surface area contributed by atoms with Crippen molar-refractivity contribution in [3.63, 3.8) is 0 Å². The zero-order valence-electron chi connectivity index (χ0n) is 17.2. The maximum atomic E-state index is 13.5. The predicted molar refractivity (Wildman–Crippen MR) is 111 cm³/mol. The van der Waals surface area contributed by atoms with Gasteiger partial charge >= 0.3 is 6.03 Å². The number of rotatable bonds is 6. The molecule has 0 bridgehead atoms. The molecule has 158 valence electrons. The third-order valence-corrected chi connectivity index (χ3v) is 6.40. The number of urea groups is 1. The number of halogens is 1. The lowest BCUT2D eigenvalue weighted by atomic mass is 9.73. The minimum absolute atomic E-state index is 0.0855. The monoisotopic (exact) mass is 410 g/mol. The van der Waals surface area contributed by atoms with Crippen molar-refractivity contribution in [3.05, 3.63) is 71.5 Å². The second kappa shape index (κ2) is 8.56. The van der Waals surface area contributed by atoms with Gasteiger partial charge < -0.3 is 9.64 Å². The molecule has 0 spiro atoms. The number of imide groups is 1. The third-order valence-electron chi connectivity index (χ3n) is 6.40. The molecule has 0 radical (unpaired) electrons. The first-order valence-electron chi connectivity index (χ1n) is 10.5. The van der Waals surface area contributed by atoms with Crippen LogP contribution in [0.5, 0.6) is 0 Å². The number of carbonyl (C=O) groups is 2. The number of benzene rings is 2. The minimum atomic E-state index is -0.415. The van der Waals surface area contributed by atoms with Crippen LogP contribution < -0.4 is 0 Å². The summed E-state index contributed by atoms with van der Waals surface area (Å²) >= 11 is 0. The molecule has 6 heteroatoms. The molecule has 1 atom stereocenters. The van der Waals surface area contributed by atoms with Gasteiger partial charge in [0, 0.05) is 25.2 Å². The van der Waals surface area contributed by atoms with Gasteiger partial charge in [-0.15, -0.1) is 0 Å². The maximum absolute atomic E-state index is 13.5. The van der Waals surface area contributed by atoms with Gasteiger partial charge in [0.25, 0.3) is 0 Å². The molecule has 0 N–H and O–H groups in total. The Bertz CT molecular complexity index is 894. The molecule has 30 heavy (non-hydrogen) atoms. The molecular weight excluding hydrogens is 383 g/mol. The Morgan fingerprint density at radius 2 is 1.70 bits per heavy atom. The fourth-order valence-electron chi connectivity index (χ4n) is 4.68. The van der Waals surface area contributed by atoms with E-state index < -0.39 is 5.41 Å². The number of ether oxygens (including phenoxy) is 1. The van der Waals surface area contributed by atoms with Crippen LogP contribution in [0.25, 0.3) is 0 Å². The number of hydrogen-bond acceptors (Lipinski definition) is 3. The summed E-state index contributed by atoms with van der Waals surface area (Å²) < 4.78 is 19.0. The Kier molecular flexibility index (Phi) is 5.86. The smallest absolute Gasteiger partial charge is 0.327 e.